The van der Waals surface area contributed by atoms with Crippen molar-refractivity contribution in [2.45, 2.75) is 62.9 Å². The van der Waals surface area contributed by atoms with Gasteiger partial charge >= 0.3 is 0 Å². The molecule has 2 aromatic heterocycles. The summed E-state index contributed by atoms with van der Waals surface area (Å²) in [6.07, 6.45) is 1.98. The van der Waals surface area contributed by atoms with E-state index < -0.39 is 41.7 Å². The molecule has 3 aromatic rings. The number of aliphatic hydroxyl groups is 2. The van der Waals surface area contributed by atoms with Crippen molar-refractivity contribution in [1.29, 1.82) is 0 Å². The number of imidazole rings is 1. The predicted molar refractivity (Wildman–Crippen MR) is 236 cm³/mol. The van der Waals surface area contributed by atoms with Crippen LogP contribution >= 0.6 is 0 Å². The molecule has 1 aromatic carbocycles. The molecule has 0 spiro atoms. The molecule has 0 bridgehead atoms. The Hall–Kier alpha value is -5.45. The summed E-state index contributed by atoms with van der Waals surface area (Å²) in [6.45, 7) is 4.38. The molecule has 24 heteroatoms. The number of anilines is 1. The van der Waals surface area contributed by atoms with Gasteiger partial charge in [-0.3, -0.25) is 24.7 Å². The number of fused-ring (bicyclic) bond motifs is 1. The second kappa shape index (κ2) is 29.8. The number of nitrogens with zero attached hydrogens (tertiary/aromatic N) is 8. The maximum atomic E-state index is 12.5. The lowest BCUT2D eigenvalue weighted by molar-refractivity contribution is -0.362. The lowest BCUT2D eigenvalue weighted by Gasteiger charge is -2.17. The zero-order valence-electron chi connectivity index (χ0n) is 35.7. The molecule has 348 valence electrons. The lowest BCUT2D eigenvalue weighted by Crippen LogP contribution is -2.53. The van der Waals surface area contributed by atoms with E-state index in [0.29, 0.717) is 137 Å². The number of benzene rings is 1. The molecule has 3 heterocycles. The Morgan fingerprint density at radius 3 is 2.56 bits per heavy atom. The molecule has 23 nitrogen and oxygen atoms in total. The maximum Gasteiger partial charge on any atom is 0.294 e. The van der Waals surface area contributed by atoms with E-state index in [1.54, 1.807) is 28.8 Å². The number of nitrogens with two attached hydrogens (primary N) is 1. The summed E-state index contributed by atoms with van der Waals surface area (Å²) in [5.41, 5.74) is 22.6. The number of quaternary nitrogens is 1. The van der Waals surface area contributed by atoms with Crippen molar-refractivity contribution < 1.29 is 54.0 Å². The number of nitrogens with one attached hydrogen (secondary N) is 3. The molecule has 1 fully saturated rings. The number of hydrogen-bond acceptors (Lipinski definition) is 17. The fourth-order valence-electron chi connectivity index (χ4n) is 6.07. The molecule has 3 unspecified atom stereocenters. The molecule has 64 heavy (non-hydrogen) atoms. The first-order valence-electron chi connectivity index (χ1n) is 20.9. The van der Waals surface area contributed by atoms with Crippen LogP contribution in [0.1, 0.15) is 54.3 Å². The Morgan fingerprint density at radius 1 is 1.05 bits per heavy atom. The van der Waals surface area contributed by atoms with Gasteiger partial charge in [0.2, 0.25) is 5.91 Å². The number of aromatic nitrogens is 4. The largest absolute Gasteiger partial charge is 0.449 e. The molecule has 1 saturated heterocycles. The molecular weight excluding hydrogens is 855 g/mol. The number of aliphatic hydroxyl groups excluding tert-OH is 2. The van der Waals surface area contributed by atoms with Crippen LogP contribution in [-0.4, -0.2) is 162 Å². The van der Waals surface area contributed by atoms with Crippen LogP contribution in [0.3, 0.4) is 0 Å². The van der Waals surface area contributed by atoms with Crippen LogP contribution in [0.15, 0.2) is 47.1 Å². The number of ether oxygens (including phenoxy) is 5. The summed E-state index contributed by atoms with van der Waals surface area (Å²) in [7, 11) is -0.444. The minimum absolute atomic E-state index is 0.241. The molecule has 1 aliphatic heterocycles. The van der Waals surface area contributed by atoms with Gasteiger partial charge in [0.05, 0.1) is 65.3 Å². The normalized spacial score (nSPS) is 17.9. The number of rotatable bonds is 31. The average molecular weight is 914 g/mol. The Labute approximate surface area is 373 Å². The Balaban J connectivity index is 1.12. The van der Waals surface area contributed by atoms with Gasteiger partial charge in [0.25, 0.3) is 12.4 Å². The first-order chi connectivity index (χ1) is 31.2. The molecular formula is C40H59N13O10S+2. The van der Waals surface area contributed by atoms with Crippen LogP contribution in [0.5, 0.6) is 0 Å². The van der Waals surface area contributed by atoms with Crippen molar-refractivity contribution in [3.05, 3.63) is 58.5 Å². The second-order valence-electron chi connectivity index (χ2n) is 14.1. The van der Waals surface area contributed by atoms with E-state index in [0.717, 1.165) is 0 Å². The first-order valence-corrected chi connectivity index (χ1v) is 22.6. The van der Waals surface area contributed by atoms with E-state index in [1.807, 2.05) is 0 Å². The third-order valence-corrected chi connectivity index (χ3v) is 11.5. The zero-order valence-corrected chi connectivity index (χ0v) is 36.5. The Morgan fingerprint density at radius 2 is 1.81 bits per heavy atom. The van der Waals surface area contributed by atoms with Crippen molar-refractivity contribution in [3.63, 3.8) is 0 Å². The fourth-order valence-corrected chi connectivity index (χ4v) is 8.11. The van der Waals surface area contributed by atoms with E-state index in [-0.39, 0.29) is 24.8 Å². The highest BCUT2D eigenvalue weighted by Crippen LogP contribution is 2.33. The molecule has 0 radical (unpaired) electrons. The summed E-state index contributed by atoms with van der Waals surface area (Å²) in [5, 5.41) is 35.4. The Kier molecular flexibility index (Phi) is 23.9. The quantitative estimate of drug-likeness (QED) is 0.00404. The summed E-state index contributed by atoms with van der Waals surface area (Å²) in [5.74, 6) is 7.82. The van der Waals surface area contributed by atoms with E-state index in [9.17, 15) is 24.6 Å². The smallest absolute Gasteiger partial charge is 0.294 e. The lowest BCUT2D eigenvalue weighted by atomic mass is 10.1. The SMILES string of the molecule is [N-]=[N+]=NCCOCCOCCOCCNC(=O)c1ccc(/C=N\NC(=O)CCCCC#CC[S+](CCC(N)OC=O)C[C@H]2O[C@@H](n3cnc4c(NCC[NH3+])ncnc43)[C@@H](O)C2O)cc1. The number of hydrogen-bond donors (Lipinski definition) is 7. The van der Waals surface area contributed by atoms with Gasteiger partial charge in [-0.25, -0.2) is 20.4 Å². The van der Waals surface area contributed by atoms with Crippen LogP contribution in [0, 0.1) is 11.8 Å². The molecule has 0 saturated carbocycles. The third-order valence-electron chi connectivity index (χ3n) is 9.37. The summed E-state index contributed by atoms with van der Waals surface area (Å²) in [4.78, 5) is 51.3. The number of amides is 2. The van der Waals surface area contributed by atoms with Gasteiger partial charge in [-0.1, -0.05) is 23.2 Å². The van der Waals surface area contributed by atoms with Crippen LogP contribution in [-0.2, 0) is 44.2 Å². The van der Waals surface area contributed by atoms with Crippen LogP contribution in [0.2, 0.25) is 0 Å². The summed E-state index contributed by atoms with van der Waals surface area (Å²) in [6, 6.07) is 6.76. The van der Waals surface area contributed by atoms with Gasteiger partial charge in [-0.15, -0.1) is 0 Å². The van der Waals surface area contributed by atoms with Gasteiger partial charge in [0.15, 0.2) is 35.2 Å². The van der Waals surface area contributed by atoms with E-state index >= 15 is 0 Å². The zero-order chi connectivity index (χ0) is 45.8. The monoisotopic (exact) mass is 913 g/mol. The van der Waals surface area contributed by atoms with Crippen LogP contribution < -0.4 is 27.5 Å². The van der Waals surface area contributed by atoms with Gasteiger partial charge < -0.3 is 50.3 Å². The fraction of sp³-hybridized carbons (Fsp3) is 0.575. The highest BCUT2D eigenvalue weighted by Gasteiger charge is 2.47. The van der Waals surface area contributed by atoms with Crippen molar-refractivity contribution in [1.82, 2.24) is 30.3 Å². The number of carbonyl (C=O) groups excluding carboxylic acids is 3. The molecule has 1 aliphatic rings. The first kappa shape index (κ1) is 51.2. The number of unbranched alkanes of at least 4 members (excludes halogenated alkanes) is 2. The van der Waals surface area contributed by atoms with E-state index in [1.165, 1.54) is 18.9 Å². The van der Waals surface area contributed by atoms with Gasteiger partial charge in [0.1, 0.15) is 36.1 Å². The standard InChI is InChI=1S/C40H57N13O10S/c41-12-13-44-37-34-38(47-26-46-37)53(27-48-34)40-36(57)35(56)31(63-40)25-64(23-11-32(42)62-28-54)22-5-3-1-2-4-6-33(55)51-50-24-29-7-9-30(10-8-29)39(58)45-14-16-59-18-20-61-21-19-60-17-15-49-52-43/h7-10,24,26-28,31-32,35-36,40,56-57H,1-2,4,6,11-23,25,41-42H2,(H2-,44,45,46,47,51,55,58)/p+2/t31-,32?,35?,36+,40-,64?/m1/s1. The predicted octanol–water partition coefficient (Wildman–Crippen LogP) is -0.630. The maximum absolute atomic E-state index is 12.5. The van der Waals surface area contributed by atoms with Crippen LogP contribution in [0.25, 0.3) is 21.6 Å². The second-order valence-corrected chi connectivity index (χ2v) is 16.3. The minimum atomic E-state index is -1.25. The molecule has 10 N–H and O–H groups in total. The number of azide groups is 1. The van der Waals surface area contributed by atoms with E-state index in [2.05, 4.69) is 63.7 Å². The average Bonchev–Trinajstić information content (AvgIpc) is 3.85. The molecule has 0 aliphatic carbocycles. The topological polar surface area (TPSA) is 332 Å². The highest BCUT2D eigenvalue weighted by molar-refractivity contribution is 7.97. The Bertz CT molecular complexity index is 2010. The van der Waals surface area contributed by atoms with Crippen molar-refractivity contribution in [2.24, 2.45) is 15.9 Å². The van der Waals surface area contributed by atoms with E-state index in [4.69, 9.17) is 34.9 Å². The number of carbonyl (C=O) groups is 3. The summed E-state index contributed by atoms with van der Waals surface area (Å²) < 4.78 is 28.7. The molecule has 4 rings (SSSR count). The van der Waals surface area contributed by atoms with Crippen molar-refractivity contribution in [2.75, 3.05) is 88.4 Å². The summed E-state index contributed by atoms with van der Waals surface area (Å²) >= 11 is 0. The number of hydrazone groups is 1. The van der Waals surface area contributed by atoms with Crippen molar-refractivity contribution >= 4 is 52.4 Å². The third kappa shape index (κ3) is 18.0. The van der Waals surface area contributed by atoms with Crippen LogP contribution in [0.4, 0.5) is 5.82 Å². The minimum Gasteiger partial charge on any atom is -0.449 e. The van der Waals surface area contributed by atoms with Gasteiger partial charge in [0, 0.05) is 53.7 Å². The van der Waals surface area contributed by atoms with Gasteiger partial charge in [-0.2, -0.15) is 5.10 Å². The van der Waals surface area contributed by atoms with Gasteiger partial charge in [-0.05, 0) is 42.0 Å². The van der Waals surface area contributed by atoms with Crippen molar-refractivity contribution in [3.8, 4) is 11.8 Å². The highest BCUT2D eigenvalue weighted by atomic mass is 32.2. The molecule has 6 atom stereocenters. The molecule has 2 amide bonds.